The Bertz CT molecular complexity index is 632. The second-order valence-corrected chi connectivity index (χ2v) is 5.44. The summed E-state index contributed by atoms with van der Waals surface area (Å²) in [6, 6.07) is 2.40. The Kier molecular flexibility index (Phi) is 4.04. The van der Waals surface area contributed by atoms with Crippen molar-refractivity contribution in [1.29, 1.82) is 0 Å². The highest BCUT2D eigenvalue weighted by atomic mass is 16.5. The molecule has 2 aromatic rings. The van der Waals surface area contributed by atoms with Crippen LogP contribution in [0.4, 0.5) is 11.8 Å². The van der Waals surface area contributed by atoms with Gasteiger partial charge in [-0.15, -0.1) is 0 Å². The van der Waals surface area contributed by atoms with Crippen molar-refractivity contribution < 1.29 is 4.74 Å². The van der Waals surface area contributed by atoms with Crippen LogP contribution in [0.25, 0.3) is 0 Å². The standard InChI is InChI=1S/C15H20N6O/c1-11-6-14(19-10-18-11)20(2)12-4-5-21(9-12)15-16-7-13(22-3)8-17-15/h6-8,10,12H,4-5,9H2,1-3H3. The van der Waals surface area contributed by atoms with Crippen molar-refractivity contribution in [1.82, 2.24) is 19.9 Å². The van der Waals surface area contributed by atoms with Crippen LogP contribution in [0.15, 0.2) is 24.8 Å². The monoisotopic (exact) mass is 300 g/mol. The fourth-order valence-electron chi connectivity index (χ4n) is 2.64. The molecule has 0 aromatic carbocycles. The molecule has 3 rings (SSSR count). The summed E-state index contributed by atoms with van der Waals surface area (Å²) >= 11 is 0. The highest BCUT2D eigenvalue weighted by molar-refractivity contribution is 5.42. The molecule has 0 amide bonds. The van der Waals surface area contributed by atoms with Gasteiger partial charge >= 0.3 is 0 Å². The van der Waals surface area contributed by atoms with Crippen LogP contribution in [0.2, 0.25) is 0 Å². The van der Waals surface area contributed by atoms with Gasteiger partial charge in [-0.2, -0.15) is 0 Å². The molecule has 7 nitrogen and oxygen atoms in total. The molecule has 0 radical (unpaired) electrons. The third-order valence-corrected chi connectivity index (χ3v) is 3.99. The summed E-state index contributed by atoms with van der Waals surface area (Å²) in [5.74, 6) is 2.37. The number of likely N-dealkylation sites (N-methyl/N-ethyl adjacent to an activating group) is 1. The fourth-order valence-corrected chi connectivity index (χ4v) is 2.64. The third kappa shape index (κ3) is 2.93. The van der Waals surface area contributed by atoms with Crippen LogP contribution in [-0.2, 0) is 0 Å². The molecule has 1 aliphatic rings. The van der Waals surface area contributed by atoms with Gasteiger partial charge in [0.25, 0.3) is 0 Å². The number of methoxy groups -OCH3 is 1. The number of nitrogens with zero attached hydrogens (tertiary/aromatic N) is 6. The van der Waals surface area contributed by atoms with Crippen molar-refractivity contribution in [3.05, 3.63) is 30.5 Å². The maximum atomic E-state index is 5.09. The molecule has 116 valence electrons. The van der Waals surface area contributed by atoms with Crippen LogP contribution in [0.1, 0.15) is 12.1 Å². The molecule has 0 bridgehead atoms. The number of aryl methyl sites for hydroxylation is 1. The molecule has 7 heteroatoms. The van der Waals surface area contributed by atoms with Gasteiger partial charge in [0.2, 0.25) is 5.95 Å². The maximum Gasteiger partial charge on any atom is 0.225 e. The lowest BCUT2D eigenvalue weighted by Crippen LogP contribution is -2.35. The summed E-state index contributed by atoms with van der Waals surface area (Å²) in [6.07, 6.45) is 6.07. The van der Waals surface area contributed by atoms with Gasteiger partial charge in [-0.25, -0.2) is 19.9 Å². The quantitative estimate of drug-likeness (QED) is 0.843. The fraction of sp³-hybridized carbons (Fsp3) is 0.467. The molecular formula is C15H20N6O. The van der Waals surface area contributed by atoms with Crippen LogP contribution in [0, 0.1) is 6.92 Å². The van der Waals surface area contributed by atoms with E-state index in [9.17, 15) is 0 Å². The molecular weight excluding hydrogens is 280 g/mol. The van der Waals surface area contributed by atoms with E-state index in [4.69, 9.17) is 4.74 Å². The molecule has 1 fully saturated rings. The highest BCUT2D eigenvalue weighted by Crippen LogP contribution is 2.23. The van der Waals surface area contributed by atoms with Crippen molar-refractivity contribution in [2.45, 2.75) is 19.4 Å². The van der Waals surface area contributed by atoms with Crippen molar-refractivity contribution in [2.24, 2.45) is 0 Å². The van der Waals surface area contributed by atoms with Gasteiger partial charge in [0.15, 0.2) is 5.75 Å². The van der Waals surface area contributed by atoms with E-state index >= 15 is 0 Å². The van der Waals surface area contributed by atoms with E-state index in [0.29, 0.717) is 11.8 Å². The first-order chi connectivity index (χ1) is 10.7. The first-order valence-corrected chi connectivity index (χ1v) is 7.30. The molecule has 0 N–H and O–H groups in total. The Balaban J connectivity index is 1.68. The van der Waals surface area contributed by atoms with Crippen molar-refractivity contribution in [2.75, 3.05) is 37.0 Å². The Morgan fingerprint density at radius 3 is 2.68 bits per heavy atom. The van der Waals surface area contributed by atoms with Crippen molar-refractivity contribution >= 4 is 11.8 Å². The van der Waals surface area contributed by atoms with Crippen molar-refractivity contribution in [3.8, 4) is 5.75 Å². The zero-order valence-electron chi connectivity index (χ0n) is 13.1. The summed E-state index contributed by atoms with van der Waals surface area (Å²) in [5, 5.41) is 0. The lowest BCUT2D eigenvalue weighted by Gasteiger charge is -2.25. The smallest absolute Gasteiger partial charge is 0.225 e. The van der Waals surface area contributed by atoms with Gasteiger partial charge in [-0.1, -0.05) is 0 Å². The molecule has 0 aliphatic carbocycles. The van der Waals surface area contributed by atoms with Crippen LogP contribution in [-0.4, -0.2) is 53.2 Å². The lowest BCUT2D eigenvalue weighted by molar-refractivity contribution is 0.410. The molecule has 1 unspecified atom stereocenters. The van der Waals surface area contributed by atoms with Gasteiger partial charge in [0.1, 0.15) is 12.1 Å². The summed E-state index contributed by atoms with van der Waals surface area (Å²) in [6.45, 7) is 3.79. The largest absolute Gasteiger partial charge is 0.494 e. The third-order valence-electron chi connectivity index (χ3n) is 3.99. The first-order valence-electron chi connectivity index (χ1n) is 7.30. The molecule has 1 saturated heterocycles. The van der Waals surface area contributed by atoms with Crippen LogP contribution >= 0.6 is 0 Å². The Hall–Kier alpha value is -2.44. The summed E-state index contributed by atoms with van der Waals surface area (Å²) in [7, 11) is 3.69. The predicted molar refractivity (Wildman–Crippen MR) is 84.4 cm³/mol. The SMILES string of the molecule is COc1cnc(N2CCC(N(C)c3cc(C)ncn3)C2)nc1. The number of ether oxygens (including phenoxy) is 1. The van der Waals surface area contributed by atoms with E-state index < -0.39 is 0 Å². The molecule has 2 aromatic heterocycles. The van der Waals surface area contributed by atoms with E-state index in [1.165, 1.54) is 0 Å². The van der Waals surface area contributed by atoms with Gasteiger partial charge in [-0.3, -0.25) is 0 Å². The number of hydrogen-bond acceptors (Lipinski definition) is 7. The predicted octanol–water partition coefficient (Wildman–Crippen LogP) is 1.30. The second kappa shape index (κ2) is 6.13. The molecule has 0 saturated carbocycles. The molecule has 22 heavy (non-hydrogen) atoms. The maximum absolute atomic E-state index is 5.09. The molecule has 1 aliphatic heterocycles. The van der Waals surface area contributed by atoms with Gasteiger partial charge in [-0.05, 0) is 13.3 Å². The average Bonchev–Trinajstić information content (AvgIpc) is 3.04. The second-order valence-electron chi connectivity index (χ2n) is 5.44. The van der Waals surface area contributed by atoms with Gasteiger partial charge in [0, 0.05) is 37.9 Å². The lowest BCUT2D eigenvalue weighted by atomic mass is 10.2. The van der Waals surface area contributed by atoms with Crippen LogP contribution < -0.4 is 14.5 Å². The summed E-state index contributed by atoms with van der Waals surface area (Å²) in [4.78, 5) is 21.6. The zero-order chi connectivity index (χ0) is 15.5. The summed E-state index contributed by atoms with van der Waals surface area (Å²) < 4.78 is 5.09. The topological polar surface area (TPSA) is 67.3 Å². The van der Waals surface area contributed by atoms with E-state index in [1.807, 2.05) is 13.0 Å². The highest BCUT2D eigenvalue weighted by Gasteiger charge is 2.28. The summed E-state index contributed by atoms with van der Waals surface area (Å²) in [5.41, 5.74) is 0.977. The van der Waals surface area contributed by atoms with E-state index in [1.54, 1.807) is 25.8 Å². The number of anilines is 2. The normalized spacial score (nSPS) is 17.6. The number of aromatic nitrogens is 4. The Labute approximate surface area is 130 Å². The van der Waals surface area contributed by atoms with Crippen LogP contribution in [0.5, 0.6) is 5.75 Å². The number of rotatable bonds is 4. The number of hydrogen-bond donors (Lipinski definition) is 0. The van der Waals surface area contributed by atoms with E-state index in [-0.39, 0.29) is 0 Å². The van der Waals surface area contributed by atoms with Crippen molar-refractivity contribution in [3.63, 3.8) is 0 Å². The minimum absolute atomic E-state index is 0.389. The average molecular weight is 300 g/mol. The van der Waals surface area contributed by atoms with E-state index in [0.717, 1.165) is 37.0 Å². The van der Waals surface area contributed by atoms with E-state index in [2.05, 4.69) is 36.8 Å². The minimum Gasteiger partial charge on any atom is -0.494 e. The first kappa shape index (κ1) is 14.5. The minimum atomic E-state index is 0.389. The molecule has 3 heterocycles. The zero-order valence-corrected chi connectivity index (χ0v) is 13.1. The van der Waals surface area contributed by atoms with Gasteiger partial charge in [0.05, 0.1) is 19.5 Å². The Morgan fingerprint density at radius 1 is 1.23 bits per heavy atom. The van der Waals surface area contributed by atoms with Gasteiger partial charge < -0.3 is 14.5 Å². The molecule has 1 atom stereocenters. The molecule has 0 spiro atoms. The Morgan fingerprint density at radius 2 is 2.00 bits per heavy atom. The van der Waals surface area contributed by atoms with Crippen LogP contribution in [0.3, 0.4) is 0 Å².